The van der Waals surface area contributed by atoms with E-state index in [2.05, 4.69) is 36.0 Å². The molecule has 3 rings (SSSR count). The number of nitrogens with one attached hydrogen (secondary N) is 1. The molecule has 2 aromatic carbocycles. The highest BCUT2D eigenvalue weighted by atomic mass is 79.9. The highest BCUT2D eigenvalue weighted by Crippen LogP contribution is 2.39. The van der Waals surface area contributed by atoms with E-state index in [9.17, 15) is 9.36 Å². The normalized spacial score (nSPS) is 12.8. The van der Waals surface area contributed by atoms with Gasteiger partial charge in [0.15, 0.2) is 11.6 Å². The van der Waals surface area contributed by atoms with Crippen LogP contribution in [-0.4, -0.2) is 57.0 Å². The van der Waals surface area contributed by atoms with Crippen LogP contribution in [-0.2, 0) is 13.8 Å². The second-order valence-electron chi connectivity index (χ2n) is 9.93. The molecule has 0 bridgehead atoms. The highest BCUT2D eigenvalue weighted by Gasteiger charge is 2.24. The van der Waals surface area contributed by atoms with Gasteiger partial charge in [-0.3, -0.25) is 4.52 Å². The number of benzene rings is 2. The molecule has 16 heteroatoms. The fourth-order valence-electron chi connectivity index (χ4n) is 3.22. The summed E-state index contributed by atoms with van der Waals surface area (Å²) in [6.45, 7) is 7.73. The first-order valence-corrected chi connectivity index (χ1v) is 15.6. The number of hydrogen-bond acceptors (Lipinski definition) is 9. The van der Waals surface area contributed by atoms with Crippen molar-refractivity contribution in [3.8, 4) is 32.6 Å². The van der Waals surface area contributed by atoms with E-state index in [4.69, 9.17) is 35.6 Å². The number of halogens is 3. The van der Waals surface area contributed by atoms with Gasteiger partial charge in [-0.15, -0.1) is 10.2 Å². The van der Waals surface area contributed by atoms with E-state index in [1.54, 1.807) is 20.8 Å². The quantitative estimate of drug-likeness (QED) is 0.187. The summed E-state index contributed by atoms with van der Waals surface area (Å²) in [7, 11) is -4.85. The number of hydrogen-bond donors (Lipinski definition) is 3. The van der Waals surface area contributed by atoms with Crippen molar-refractivity contribution in [1.82, 2.24) is 15.5 Å². The number of nitrogens with zero attached hydrogens (tertiary/aromatic N) is 2. The SMILES string of the molecule is CC(C)Oc1ccc(-c2nnc(-c3cc(F)c(OCC(COP(=O)(O)O)NC(=O)OC(C)(C)C)cc3Cl)s2)cc1Br. The lowest BCUT2D eigenvalue weighted by Crippen LogP contribution is -2.44. The van der Waals surface area contributed by atoms with E-state index >= 15 is 4.39 Å². The smallest absolute Gasteiger partial charge is 0.469 e. The van der Waals surface area contributed by atoms with Gasteiger partial charge in [0.05, 0.1) is 28.2 Å². The van der Waals surface area contributed by atoms with Gasteiger partial charge < -0.3 is 29.3 Å². The number of ether oxygens (including phenoxy) is 3. The molecule has 1 amide bonds. The van der Waals surface area contributed by atoms with E-state index in [0.717, 1.165) is 16.1 Å². The first kappa shape index (κ1) is 33.2. The van der Waals surface area contributed by atoms with Crippen LogP contribution in [0.3, 0.4) is 0 Å². The Kier molecular flexibility index (Phi) is 11.1. The van der Waals surface area contributed by atoms with Crippen molar-refractivity contribution in [3.05, 3.63) is 45.6 Å². The Morgan fingerprint density at radius 1 is 1.15 bits per heavy atom. The van der Waals surface area contributed by atoms with Crippen LogP contribution in [0.25, 0.3) is 21.1 Å². The average molecular weight is 697 g/mol. The molecule has 1 unspecified atom stereocenters. The summed E-state index contributed by atoms with van der Waals surface area (Å²) in [5.74, 6) is -0.364. The minimum Gasteiger partial charge on any atom is -0.490 e. The zero-order valence-electron chi connectivity index (χ0n) is 22.7. The summed E-state index contributed by atoms with van der Waals surface area (Å²) in [4.78, 5) is 30.2. The van der Waals surface area contributed by atoms with Crippen molar-refractivity contribution in [2.75, 3.05) is 13.2 Å². The molecule has 41 heavy (non-hydrogen) atoms. The van der Waals surface area contributed by atoms with E-state index in [0.29, 0.717) is 15.8 Å². The molecule has 3 aromatic rings. The molecule has 0 spiro atoms. The molecule has 0 saturated carbocycles. The maximum atomic E-state index is 15.0. The van der Waals surface area contributed by atoms with Gasteiger partial charge in [-0.2, -0.15) is 0 Å². The van der Waals surface area contributed by atoms with Crippen molar-refractivity contribution in [2.24, 2.45) is 0 Å². The molecule has 1 aromatic heterocycles. The number of alkyl carbamates (subject to hydrolysis) is 1. The standard InChI is InChI=1S/C25H29BrClFN3O8PS/c1-13(2)38-20-7-6-14(8-17(20)26)22-30-31-23(41-22)16-9-19(28)21(10-18(16)27)36-11-15(12-37-40(33,34)35)29-24(32)39-25(3,4)5/h6-10,13,15H,11-12H2,1-5H3,(H,29,32)(H2,33,34,35). The number of rotatable bonds is 11. The summed E-state index contributed by atoms with van der Waals surface area (Å²) >= 11 is 11.1. The number of amides is 1. The van der Waals surface area contributed by atoms with Crippen molar-refractivity contribution in [1.29, 1.82) is 0 Å². The number of phosphoric ester groups is 1. The average Bonchev–Trinajstić information content (AvgIpc) is 3.32. The molecule has 0 saturated heterocycles. The van der Waals surface area contributed by atoms with Crippen LogP contribution in [0.1, 0.15) is 34.6 Å². The van der Waals surface area contributed by atoms with Crippen molar-refractivity contribution in [3.63, 3.8) is 0 Å². The van der Waals surface area contributed by atoms with Crippen molar-refractivity contribution in [2.45, 2.75) is 52.4 Å². The first-order chi connectivity index (χ1) is 19.0. The molecule has 0 aliphatic carbocycles. The van der Waals surface area contributed by atoms with Gasteiger partial charge in [0.1, 0.15) is 28.0 Å². The maximum absolute atomic E-state index is 15.0. The van der Waals surface area contributed by atoms with Gasteiger partial charge in [-0.1, -0.05) is 22.9 Å². The molecule has 1 heterocycles. The van der Waals surface area contributed by atoms with Gasteiger partial charge in [0.2, 0.25) is 0 Å². The van der Waals surface area contributed by atoms with Gasteiger partial charge in [0, 0.05) is 17.2 Å². The zero-order valence-corrected chi connectivity index (χ0v) is 26.7. The molecule has 0 fully saturated rings. The predicted molar refractivity (Wildman–Crippen MR) is 156 cm³/mol. The van der Waals surface area contributed by atoms with Gasteiger partial charge in [0.25, 0.3) is 0 Å². The first-order valence-electron chi connectivity index (χ1n) is 12.1. The van der Waals surface area contributed by atoms with E-state index in [1.165, 1.54) is 17.4 Å². The van der Waals surface area contributed by atoms with Crippen LogP contribution >= 0.6 is 46.7 Å². The zero-order chi connectivity index (χ0) is 30.5. The van der Waals surface area contributed by atoms with Crippen molar-refractivity contribution >= 4 is 52.8 Å². The minimum atomic E-state index is -4.85. The number of carbonyl (C=O) groups is 1. The maximum Gasteiger partial charge on any atom is 0.469 e. The van der Waals surface area contributed by atoms with Crippen LogP contribution in [0.2, 0.25) is 5.02 Å². The Morgan fingerprint density at radius 3 is 2.44 bits per heavy atom. The summed E-state index contributed by atoms with van der Waals surface area (Å²) in [5.41, 5.74) is 0.226. The van der Waals surface area contributed by atoms with Gasteiger partial charge in [-0.05, 0) is 74.8 Å². The third-order valence-corrected chi connectivity index (χ3v) is 7.25. The highest BCUT2D eigenvalue weighted by molar-refractivity contribution is 9.10. The van der Waals surface area contributed by atoms with Gasteiger partial charge in [-0.25, -0.2) is 13.8 Å². The van der Waals surface area contributed by atoms with Gasteiger partial charge >= 0.3 is 13.9 Å². The fraction of sp³-hybridized carbons (Fsp3) is 0.400. The lowest BCUT2D eigenvalue weighted by Gasteiger charge is -2.24. The largest absolute Gasteiger partial charge is 0.490 e. The molecule has 224 valence electrons. The summed E-state index contributed by atoms with van der Waals surface area (Å²) in [6.07, 6.45) is -0.870. The van der Waals surface area contributed by atoms with Crippen LogP contribution in [0.5, 0.6) is 11.5 Å². The minimum absolute atomic E-state index is 0.00875. The molecule has 0 aliphatic rings. The number of aromatic nitrogens is 2. The summed E-state index contributed by atoms with van der Waals surface area (Å²) in [6, 6.07) is 6.77. The summed E-state index contributed by atoms with van der Waals surface area (Å²) in [5, 5.41) is 11.8. The summed E-state index contributed by atoms with van der Waals surface area (Å²) < 4.78 is 47.8. The molecular weight excluding hydrogens is 668 g/mol. The Hall–Kier alpha value is -2.32. The number of carbonyl (C=O) groups excluding carboxylic acids is 1. The third-order valence-electron chi connectivity index (χ3n) is 4.82. The molecule has 3 N–H and O–H groups in total. The van der Waals surface area contributed by atoms with E-state index in [1.807, 2.05) is 32.0 Å². The lowest BCUT2D eigenvalue weighted by molar-refractivity contribution is 0.0452. The van der Waals surface area contributed by atoms with Crippen molar-refractivity contribution < 1.29 is 42.3 Å². The van der Waals surface area contributed by atoms with Crippen LogP contribution in [0.15, 0.2) is 34.8 Å². The molecule has 1 atom stereocenters. The van der Waals surface area contributed by atoms with E-state index < -0.39 is 44.6 Å². The second-order valence-corrected chi connectivity index (χ2v) is 13.4. The van der Waals surface area contributed by atoms with Crippen LogP contribution < -0.4 is 14.8 Å². The molecule has 0 radical (unpaired) electrons. The second kappa shape index (κ2) is 13.8. The molecular formula is C25H29BrClFN3O8PS. The topological polar surface area (TPSA) is 149 Å². The monoisotopic (exact) mass is 695 g/mol. The fourth-order valence-corrected chi connectivity index (χ4v) is 5.23. The molecule has 11 nitrogen and oxygen atoms in total. The van der Waals surface area contributed by atoms with Crippen LogP contribution in [0, 0.1) is 5.82 Å². The lowest BCUT2D eigenvalue weighted by atomic mass is 10.2. The Morgan fingerprint density at radius 2 is 1.83 bits per heavy atom. The third kappa shape index (κ3) is 10.5. The number of phosphoric acid groups is 1. The Labute approximate surface area is 253 Å². The van der Waals surface area contributed by atoms with Crippen LogP contribution in [0.4, 0.5) is 9.18 Å². The Balaban J connectivity index is 1.75. The predicted octanol–water partition coefficient (Wildman–Crippen LogP) is 6.60. The van der Waals surface area contributed by atoms with E-state index in [-0.39, 0.29) is 22.4 Å². The Bertz CT molecular complexity index is 1430. The molecule has 0 aliphatic heterocycles.